The summed E-state index contributed by atoms with van der Waals surface area (Å²) >= 11 is 0. The fraction of sp³-hybridized carbons (Fsp3) is 0.400. The van der Waals surface area contributed by atoms with E-state index in [2.05, 4.69) is 24.3 Å². The molecule has 0 atom stereocenters. The number of H-pyrrole nitrogens is 1. The number of nitrogens with zero attached hydrogens (tertiary/aromatic N) is 1. The van der Waals surface area contributed by atoms with E-state index in [1.165, 1.54) is 11.1 Å². The van der Waals surface area contributed by atoms with Crippen molar-refractivity contribution in [1.29, 1.82) is 0 Å². The van der Waals surface area contributed by atoms with Gasteiger partial charge in [-0.05, 0) is 64.0 Å². The van der Waals surface area contributed by atoms with Crippen LogP contribution in [-0.4, -0.2) is 23.4 Å². The van der Waals surface area contributed by atoms with Gasteiger partial charge in [0, 0.05) is 11.3 Å². The second-order valence-corrected chi connectivity index (χ2v) is 4.98. The van der Waals surface area contributed by atoms with Gasteiger partial charge in [-0.3, -0.25) is 9.89 Å². The second-order valence-electron chi connectivity index (χ2n) is 4.98. The first-order valence-corrected chi connectivity index (χ1v) is 6.57. The number of rotatable bonds is 4. The predicted octanol–water partition coefficient (Wildman–Crippen LogP) is 1.85. The molecule has 0 aliphatic carbocycles. The lowest BCUT2D eigenvalue weighted by molar-refractivity contribution is 0.783. The summed E-state index contributed by atoms with van der Waals surface area (Å²) in [5, 5.41) is 6.24. The lowest BCUT2D eigenvalue weighted by Gasteiger charge is -2.05. The van der Waals surface area contributed by atoms with E-state index in [9.17, 15) is 4.79 Å². The molecule has 2 N–H and O–H groups in total. The van der Waals surface area contributed by atoms with Gasteiger partial charge in [0.2, 0.25) is 0 Å². The predicted molar refractivity (Wildman–Crippen MR) is 78.2 cm³/mol. The Morgan fingerprint density at radius 1 is 1.21 bits per heavy atom. The smallest absolute Gasteiger partial charge is 0.274 e. The summed E-state index contributed by atoms with van der Waals surface area (Å²) < 4.78 is 1.63. The third kappa shape index (κ3) is 2.63. The summed E-state index contributed by atoms with van der Waals surface area (Å²) in [6, 6.07) is 6.05. The Labute approximate surface area is 113 Å². The van der Waals surface area contributed by atoms with E-state index in [1.54, 1.807) is 4.68 Å². The van der Waals surface area contributed by atoms with Gasteiger partial charge in [-0.2, -0.15) is 0 Å². The zero-order valence-electron chi connectivity index (χ0n) is 12.0. The molecule has 0 fully saturated rings. The van der Waals surface area contributed by atoms with E-state index < -0.39 is 0 Å². The highest BCUT2D eigenvalue weighted by Gasteiger charge is 2.12. The van der Waals surface area contributed by atoms with E-state index in [4.69, 9.17) is 0 Å². The normalized spacial score (nSPS) is 10.9. The lowest BCUT2D eigenvalue weighted by Crippen LogP contribution is -2.20. The molecule has 1 heterocycles. The largest absolute Gasteiger partial charge is 0.319 e. The van der Waals surface area contributed by atoms with Crippen molar-refractivity contribution < 1.29 is 0 Å². The second kappa shape index (κ2) is 5.45. The highest BCUT2D eigenvalue weighted by Crippen LogP contribution is 2.13. The SMILES string of the molecule is CNCCc1c(C)[nH]n(-c2ccc(C)c(C)c2)c1=O. The van der Waals surface area contributed by atoms with Gasteiger partial charge < -0.3 is 5.32 Å². The highest BCUT2D eigenvalue weighted by molar-refractivity contribution is 5.40. The van der Waals surface area contributed by atoms with Crippen LogP contribution in [0, 0.1) is 20.8 Å². The average Bonchev–Trinajstić information content (AvgIpc) is 2.66. The Hall–Kier alpha value is -1.81. The van der Waals surface area contributed by atoms with Crippen LogP contribution in [0.5, 0.6) is 0 Å². The molecule has 4 nitrogen and oxygen atoms in total. The third-order valence-corrected chi connectivity index (χ3v) is 3.57. The lowest BCUT2D eigenvalue weighted by atomic mass is 10.1. The van der Waals surface area contributed by atoms with Crippen LogP contribution in [0.1, 0.15) is 22.4 Å². The minimum atomic E-state index is 0.0519. The molecule has 0 amide bonds. The maximum absolute atomic E-state index is 12.4. The summed E-state index contributed by atoms with van der Waals surface area (Å²) in [5.41, 5.74) is 5.16. The Bertz CT molecular complexity index is 637. The van der Waals surface area contributed by atoms with Crippen molar-refractivity contribution in [2.45, 2.75) is 27.2 Å². The van der Waals surface area contributed by atoms with E-state index in [0.29, 0.717) is 0 Å². The zero-order chi connectivity index (χ0) is 14.0. The first kappa shape index (κ1) is 13.6. The van der Waals surface area contributed by atoms with Crippen LogP contribution >= 0.6 is 0 Å². The van der Waals surface area contributed by atoms with Crippen LogP contribution < -0.4 is 10.9 Å². The van der Waals surface area contributed by atoms with Crippen LogP contribution in [0.3, 0.4) is 0 Å². The molecule has 102 valence electrons. The van der Waals surface area contributed by atoms with Crippen molar-refractivity contribution in [1.82, 2.24) is 15.1 Å². The molecular weight excluding hydrogens is 238 g/mol. The van der Waals surface area contributed by atoms with Gasteiger partial charge >= 0.3 is 0 Å². The Kier molecular flexibility index (Phi) is 3.90. The summed E-state index contributed by atoms with van der Waals surface area (Å²) in [6.45, 7) is 6.88. The fourth-order valence-corrected chi connectivity index (χ4v) is 2.17. The maximum atomic E-state index is 12.4. The number of hydrogen-bond acceptors (Lipinski definition) is 2. The summed E-state index contributed by atoms with van der Waals surface area (Å²) in [4.78, 5) is 12.4. The van der Waals surface area contributed by atoms with E-state index in [1.807, 2.05) is 32.2 Å². The zero-order valence-corrected chi connectivity index (χ0v) is 12.0. The van der Waals surface area contributed by atoms with E-state index in [0.717, 1.165) is 29.9 Å². The van der Waals surface area contributed by atoms with Gasteiger partial charge in [-0.25, -0.2) is 4.68 Å². The monoisotopic (exact) mass is 259 g/mol. The van der Waals surface area contributed by atoms with Gasteiger partial charge in [0.05, 0.1) is 5.69 Å². The number of benzene rings is 1. The number of likely N-dealkylation sites (N-methyl/N-ethyl adjacent to an activating group) is 1. The first-order chi connectivity index (χ1) is 9.04. The topological polar surface area (TPSA) is 49.8 Å². The van der Waals surface area contributed by atoms with Gasteiger partial charge in [0.1, 0.15) is 0 Å². The summed E-state index contributed by atoms with van der Waals surface area (Å²) in [6.07, 6.45) is 0.746. The minimum Gasteiger partial charge on any atom is -0.319 e. The van der Waals surface area contributed by atoms with Gasteiger partial charge in [-0.15, -0.1) is 0 Å². The molecule has 0 bridgehead atoms. The molecule has 19 heavy (non-hydrogen) atoms. The molecule has 0 saturated heterocycles. The van der Waals surface area contributed by atoms with E-state index >= 15 is 0 Å². The van der Waals surface area contributed by atoms with Crippen LogP contribution in [-0.2, 0) is 6.42 Å². The molecule has 1 aromatic heterocycles. The van der Waals surface area contributed by atoms with Crippen LogP contribution in [0.15, 0.2) is 23.0 Å². The summed E-state index contributed by atoms with van der Waals surface area (Å²) in [5.74, 6) is 0. The van der Waals surface area contributed by atoms with Gasteiger partial charge in [0.15, 0.2) is 0 Å². The number of aromatic nitrogens is 2. The molecule has 0 unspecified atom stereocenters. The first-order valence-electron chi connectivity index (χ1n) is 6.57. The van der Waals surface area contributed by atoms with Crippen LogP contribution in [0.4, 0.5) is 0 Å². The number of aromatic amines is 1. The molecule has 0 spiro atoms. The molecule has 4 heteroatoms. The Balaban J connectivity index is 2.45. The Morgan fingerprint density at radius 2 is 1.95 bits per heavy atom. The fourth-order valence-electron chi connectivity index (χ4n) is 2.17. The molecule has 0 saturated carbocycles. The minimum absolute atomic E-state index is 0.0519. The molecule has 0 aliphatic rings. The van der Waals surface area contributed by atoms with Crippen molar-refractivity contribution in [3.63, 3.8) is 0 Å². The Morgan fingerprint density at radius 3 is 2.58 bits per heavy atom. The molecular formula is C15H21N3O. The van der Waals surface area contributed by atoms with Crippen LogP contribution in [0.25, 0.3) is 5.69 Å². The standard InChI is InChI=1S/C15H21N3O/c1-10-5-6-13(9-11(10)2)18-15(19)14(7-8-16-4)12(3)17-18/h5-6,9,16-17H,7-8H2,1-4H3. The van der Waals surface area contributed by atoms with Crippen molar-refractivity contribution >= 4 is 0 Å². The van der Waals surface area contributed by atoms with Gasteiger partial charge in [-0.1, -0.05) is 6.07 Å². The summed E-state index contributed by atoms with van der Waals surface area (Å²) in [7, 11) is 1.89. The quantitative estimate of drug-likeness (QED) is 0.880. The highest BCUT2D eigenvalue weighted by atomic mass is 16.1. The number of nitrogens with one attached hydrogen (secondary N) is 2. The maximum Gasteiger partial charge on any atom is 0.274 e. The van der Waals surface area contributed by atoms with Crippen molar-refractivity contribution in [3.05, 3.63) is 50.9 Å². The molecule has 1 aromatic carbocycles. The average molecular weight is 259 g/mol. The third-order valence-electron chi connectivity index (χ3n) is 3.57. The molecule has 0 radical (unpaired) electrons. The molecule has 2 aromatic rings. The molecule has 0 aliphatic heterocycles. The van der Waals surface area contributed by atoms with E-state index in [-0.39, 0.29) is 5.56 Å². The van der Waals surface area contributed by atoms with Crippen molar-refractivity contribution in [2.24, 2.45) is 0 Å². The van der Waals surface area contributed by atoms with Crippen molar-refractivity contribution in [3.8, 4) is 5.69 Å². The van der Waals surface area contributed by atoms with Crippen molar-refractivity contribution in [2.75, 3.05) is 13.6 Å². The van der Waals surface area contributed by atoms with Crippen LogP contribution in [0.2, 0.25) is 0 Å². The number of aryl methyl sites for hydroxylation is 3. The van der Waals surface area contributed by atoms with Gasteiger partial charge in [0.25, 0.3) is 5.56 Å². The molecule has 2 rings (SSSR count). The number of hydrogen-bond donors (Lipinski definition) is 2.